The summed E-state index contributed by atoms with van der Waals surface area (Å²) < 4.78 is 11.3. The molecule has 28 heavy (non-hydrogen) atoms. The van der Waals surface area contributed by atoms with Gasteiger partial charge in [-0.3, -0.25) is 4.79 Å². The lowest BCUT2D eigenvalue weighted by molar-refractivity contribution is 0.0770. The van der Waals surface area contributed by atoms with Crippen LogP contribution in [0.25, 0.3) is 0 Å². The second kappa shape index (κ2) is 6.93. The third kappa shape index (κ3) is 2.93. The van der Waals surface area contributed by atoms with Crippen LogP contribution in [0, 0.1) is 0 Å². The average Bonchev–Trinajstić information content (AvgIpc) is 3.10. The molecule has 1 amide bonds. The van der Waals surface area contributed by atoms with Crippen molar-refractivity contribution in [3.63, 3.8) is 0 Å². The van der Waals surface area contributed by atoms with Crippen LogP contribution in [0.1, 0.15) is 15.9 Å². The van der Waals surface area contributed by atoms with Crippen molar-refractivity contribution in [3.8, 4) is 11.5 Å². The molecule has 0 unspecified atom stereocenters. The molecule has 0 saturated heterocycles. The first-order chi connectivity index (χ1) is 13.7. The summed E-state index contributed by atoms with van der Waals surface area (Å²) >= 11 is 0. The van der Waals surface area contributed by atoms with Crippen LogP contribution in [0.2, 0.25) is 0 Å². The Labute approximate surface area is 165 Å². The van der Waals surface area contributed by atoms with E-state index in [1.807, 2.05) is 35.2 Å². The number of nitrogens with zero attached hydrogens (tertiary/aromatic N) is 3. The van der Waals surface area contributed by atoms with Crippen LogP contribution in [0.15, 0.2) is 36.4 Å². The average molecular weight is 379 g/mol. The smallest absolute Gasteiger partial charge is 0.256 e. The first kappa shape index (κ1) is 17.2. The number of ether oxygens (including phenoxy) is 2. The van der Waals surface area contributed by atoms with Crippen molar-refractivity contribution in [3.05, 3.63) is 47.5 Å². The van der Waals surface area contributed by atoms with E-state index in [4.69, 9.17) is 9.47 Å². The zero-order chi connectivity index (χ0) is 19.1. The van der Waals surface area contributed by atoms with Gasteiger partial charge in [-0.15, -0.1) is 0 Å². The van der Waals surface area contributed by atoms with Crippen LogP contribution in [0.4, 0.5) is 11.4 Å². The molecule has 6 heteroatoms. The number of rotatable bonds is 4. The normalized spacial score (nSPS) is 17.4. The zero-order valence-corrected chi connectivity index (χ0v) is 16.2. The van der Waals surface area contributed by atoms with E-state index in [0.717, 1.165) is 61.0 Å². The Balaban J connectivity index is 1.30. The lowest BCUT2D eigenvalue weighted by Gasteiger charge is -2.27. The minimum absolute atomic E-state index is 0.150. The number of benzene rings is 2. The Morgan fingerprint density at radius 2 is 1.89 bits per heavy atom. The maximum absolute atomic E-state index is 13.1. The Hall–Kier alpha value is -2.89. The number of carbonyl (C=O) groups is 1. The lowest BCUT2D eigenvalue weighted by atomic mass is 10.1. The second-order valence-electron chi connectivity index (χ2n) is 7.59. The van der Waals surface area contributed by atoms with Crippen molar-refractivity contribution in [2.75, 3.05) is 62.8 Å². The molecule has 0 aromatic heterocycles. The molecule has 146 valence electrons. The molecule has 0 atom stereocenters. The molecule has 0 radical (unpaired) electrons. The fourth-order valence-corrected chi connectivity index (χ4v) is 4.33. The number of para-hydroxylation sites is 1. The van der Waals surface area contributed by atoms with Crippen LogP contribution in [-0.4, -0.2) is 63.8 Å². The van der Waals surface area contributed by atoms with E-state index >= 15 is 0 Å². The highest BCUT2D eigenvalue weighted by Crippen LogP contribution is 2.35. The maximum atomic E-state index is 13.1. The molecule has 0 saturated carbocycles. The van der Waals surface area contributed by atoms with Crippen LogP contribution in [-0.2, 0) is 6.42 Å². The zero-order valence-electron chi connectivity index (χ0n) is 16.2. The molecular weight excluding hydrogens is 354 g/mol. The molecule has 0 spiro atoms. The summed E-state index contributed by atoms with van der Waals surface area (Å²) in [6.45, 7) is 5.33. The number of carbonyl (C=O) groups excluding carboxylic acids is 1. The van der Waals surface area contributed by atoms with Gasteiger partial charge < -0.3 is 24.2 Å². The van der Waals surface area contributed by atoms with E-state index in [1.165, 1.54) is 5.56 Å². The Morgan fingerprint density at radius 1 is 1.04 bits per heavy atom. The van der Waals surface area contributed by atoms with Crippen molar-refractivity contribution in [1.29, 1.82) is 0 Å². The quantitative estimate of drug-likeness (QED) is 0.816. The van der Waals surface area contributed by atoms with E-state index in [9.17, 15) is 4.79 Å². The van der Waals surface area contributed by atoms with Gasteiger partial charge in [0.15, 0.2) is 11.5 Å². The molecule has 3 heterocycles. The number of hydrogen-bond donors (Lipinski definition) is 0. The third-order valence-corrected chi connectivity index (χ3v) is 5.92. The molecule has 0 fully saturated rings. The molecular formula is C22H25N3O3. The highest BCUT2D eigenvalue weighted by Gasteiger charge is 2.31. The second-order valence-corrected chi connectivity index (χ2v) is 7.59. The van der Waals surface area contributed by atoms with Gasteiger partial charge in [-0.25, -0.2) is 0 Å². The summed E-state index contributed by atoms with van der Waals surface area (Å²) in [7, 11) is 2.05. The summed E-state index contributed by atoms with van der Waals surface area (Å²) in [5, 5.41) is 0. The van der Waals surface area contributed by atoms with Crippen molar-refractivity contribution >= 4 is 17.3 Å². The van der Waals surface area contributed by atoms with Crippen molar-refractivity contribution in [1.82, 2.24) is 4.90 Å². The van der Waals surface area contributed by atoms with Crippen molar-refractivity contribution in [2.45, 2.75) is 6.42 Å². The molecule has 0 bridgehead atoms. The van der Waals surface area contributed by atoms with E-state index in [0.29, 0.717) is 19.8 Å². The monoisotopic (exact) mass is 379 g/mol. The number of fused-ring (bicyclic) bond motifs is 1. The van der Waals surface area contributed by atoms with Crippen LogP contribution in [0.5, 0.6) is 11.5 Å². The van der Waals surface area contributed by atoms with Gasteiger partial charge in [0.1, 0.15) is 13.2 Å². The van der Waals surface area contributed by atoms with E-state index in [1.54, 1.807) is 0 Å². The minimum Gasteiger partial charge on any atom is -0.486 e. The lowest BCUT2D eigenvalue weighted by Crippen LogP contribution is -2.39. The summed E-state index contributed by atoms with van der Waals surface area (Å²) in [5.41, 5.74) is 4.39. The number of anilines is 2. The third-order valence-electron chi connectivity index (χ3n) is 5.92. The van der Waals surface area contributed by atoms with E-state index in [2.05, 4.69) is 22.9 Å². The first-order valence-corrected chi connectivity index (χ1v) is 9.97. The molecule has 2 aromatic rings. The predicted molar refractivity (Wildman–Crippen MR) is 109 cm³/mol. The standard InChI is InChI=1S/C22H25N3O3/c1-23(17-5-6-19-20(15-17)28-14-13-27-19)9-10-25-12-11-24-8-7-16-3-2-4-18(21(16)24)22(25)26/h2-6,15H,7-14H2,1H3. The Morgan fingerprint density at radius 3 is 2.79 bits per heavy atom. The fourth-order valence-electron chi connectivity index (χ4n) is 4.33. The van der Waals surface area contributed by atoms with E-state index in [-0.39, 0.29) is 5.91 Å². The summed E-state index contributed by atoms with van der Waals surface area (Å²) in [6, 6.07) is 12.2. The van der Waals surface area contributed by atoms with Crippen molar-refractivity contribution in [2.24, 2.45) is 0 Å². The summed E-state index contributed by atoms with van der Waals surface area (Å²) in [5.74, 6) is 1.74. The van der Waals surface area contributed by atoms with Crippen LogP contribution >= 0.6 is 0 Å². The minimum atomic E-state index is 0.150. The summed E-state index contributed by atoms with van der Waals surface area (Å²) in [4.78, 5) is 19.7. The van der Waals surface area contributed by atoms with Gasteiger partial charge in [0.05, 0.1) is 11.3 Å². The predicted octanol–water partition coefficient (Wildman–Crippen LogP) is 2.41. The van der Waals surface area contributed by atoms with Gasteiger partial charge in [0.25, 0.3) is 5.91 Å². The van der Waals surface area contributed by atoms with Crippen LogP contribution in [0.3, 0.4) is 0 Å². The van der Waals surface area contributed by atoms with Crippen molar-refractivity contribution < 1.29 is 14.3 Å². The highest BCUT2D eigenvalue weighted by molar-refractivity contribution is 6.01. The van der Waals surface area contributed by atoms with E-state index < -0.39 is 0 Å². The molecule has 3 aliphatic heterocycles. The maximum Gasteiger partial charge on any atom is 0.256 e. The van der Waals surface area contributed by atoms with Crippen LogP contribution < -0.4 is 19.3 Å². The number of amides is 1. The van der Waals surface area contributed by atoms with Gasteiger partial charge in [0, 0.05) is 51.5 Å². The van der Waals surface area contributed by atoms with Gasteiger partial charge in [0.2, 0.25) is 0 Å². The molecule has 5 rings (SSSR count). The topological polar surface area (TPSA) is 45.2 Å². The number of likely N-dealkylation sites (N-methyl/N-ethyl adjacent to an activating group) is 1. The molecule has 0 N–H and O–H groups in total. The van der Waals surface area contributed by atoms with Gasteiger partial charge in [-0.05, 0) is 30.2 Å². The van der Waals surface area contributed by atoms with Gasteiger partial charge in [-0.1, -0.05) is 12.1 Å². The Bertz CT molecular complexity index is 914. The molecule has 2 aromatic carbocycles. The summed E-state index contributed by atoms with van der Waals surface area (Å²) in [6.07, 6.45) is 1.04. The Kier molecular flexibility index (Phi) is 4.26. The number of hydrogen-bond acceptors (Lipinski definition) is 5. The largest absolute Gasteiger partial charge is 0.486 e. The molecule has 3 aliphatic rings. The SMILES string of the molecule is CN(CCN1CCN2CCc3cccc(c32)C1=O)c1ccc2c(c1)OCCO2. The van der Waals surface area contributed by atoms with Gasteiger partial charge >= 0.3 is 0 Å². The molecule has 0 aliphatic carbocycles. The van der Waals surface area contributed by atoms with Gasteiger partial charge in [-0.2, -0.15) is 0 Å². The highest BCUT2D eigenvalue weighted by atomic mass is 16.6. The fraction of sp³-hybridized carbons (Fsp3) is 0.409. The molecule has 6 nitrogen and oxygen atoms in total. The first-order valence-electron chi connectivity index (χ1n) is 9.97.